The Hall–Kier alpha value is -3.20. The summed E-state index contributed by atoms with van der Waals surface area (Å²) in [6, 6.07) is 13.0. The molecule has 0 fully saturated rings. The first-order chi connectivity index (χ1) is 14.4. The SMILES string of the molecule is CCCCNC(=O)NS(=O)(=O)c1ccc(CC)cc1.O=c1[nH]cnc2ccccc12. The number of nitrogens with zero attached hydrogens (tertiary/aromatic N) is 1. The van der Waals surface area contributed by atoms with Gasteiger partial charge in [-0.25, -0.2) is 22.9 Å². The van der Waals surface area contributed by atoms with Gasteiger partial charge in [0.05, 0.1) is 22.1 Å². The summed E-state index contributed by atoms with van der Waals surface area (Å²) in [6.45, 7) is 4.45. The van der Waals surface area contributed by atoms with Crippen molar-refractivity contribution < 1.29 is 13.2 Å². The number of aromatic amines is 1. The van der Waals surface area contributed by atoms with Crippen molar-refractivity contribution in [2.24, 2.45) is 0 Å². The van der Waals surface area contributed by atoms with Gasteiger partial charge in [0.1, 0.15) is 0 Å². The summed E-state index contributed by atoms with van der Waals surface area (Å²) < 4.78 is 25.8. The third-order valence-electron chi connectivity index (χ3n) is 4.23. The normalized spacial score (nSPS) is 10.7. The highest BCUT2D eigenvalue weighted by Gasteiger charge is 2.16. The van der Waals surface area contributed by atoms with Crippen molar-refractivity contribution in [3.8, 4) is 0 Å². The van der Waals surface area contributed by atoms with Crippen LogP contribution in [0, 0.1) is 0 Å². The maximum Gasteiger partial charge on any atom is 0.328 e. The lowest BCUT2D eigenvalue weighted by Crippen LogP contribution is -2.39. The van der Waals surface area contributed by atoms with Gasteiger partial charge in [0, 0.05) is 6.54 Å². The number of aryl methyl sites for hydroxylation is 1. The topological polar surface area (TPSA) is 121 Å². The summed E-state index contributed by atoms with van der Waals surface area (Å²) in [4.78, 5) is 29.1. The first kappa shape index (κ1) is 23.1. The standard InChI is InChI=1S/C13H20N2O3S.C8H6N2O/c1-3-5-10-14-13(16)15-19(17,18)12-8-6-11(4-2)7-9-12;11-8-6-3-1-2-4-7(6)9-5-10-8/h6-9H,3-5,10H2,1-2H3,(H2,14,15,16);1-5H,(H,9,10,11). The van der Waals surface area contributed by atoms with Gasteiger partial charge in [0.25, 0.3) is 15.6 Å². The van der Waals surface area contributed by atoms with E-state index in [0.29, 0.717) is 11.9 Å². The van der Waals surface area contributed by atoms with Crippen LogP contribution in [-0.4, -0.2) is 31.0 Å². The number of hydrogen-bond donors (Lipinski definition) is 3. The molecular formula is C21H26N4O4S. The Labute approximate surface area is 175 Å². The molecule has 8 nitrogen and oxygen atoms in total. The molecule has 0 saturated carbocycles. The van der Waals surface area contributed by atoms with Crippen LogP contribution in [0.3, 0.4) is 0 Å². The van der Waals surface area contributed by atoms with Crippen LogP contribution in [0.5, 0.6) is 0 Å². The Morgan fingerprint density at radius 2 is 1.77 bits per heavy atom. The molecule has 0 spiro atoms. The minimum absolute atomic E-state index is 0.0874. The first-order valence-electron chi connectivity index (χ1n) is 9.69. The molecule has 3 N–H and O–H groups in total. The van der Waals surface area contributed by atoms with E-state index in [4.69, 9.17) is 0 Å². The number of urea groups is 1. The van der Waals surface area contributed by atoms with E-state index in [0.717, 1.165) is 30.3 Å². The number of benzene rings is 2. The number of unbranched alkanes of at least 4 members (excludes halogenated alkanes) is 1. The molecule has 2 amide bonds. The number of carbonyl (C=O) groups is 1. The predicted molar refractivity (Wildman–Crippen MR) is 117 cm³/mol. The quantitative estimate of drug-likeness (QED) is 0.519. The van der Waals surface area contributed by atoms with E-state index in [9.17, 15) is 18.0 Å². The molecule has 0 aliphatic heterocycles. The van der Waals surface area contributed by atoms with Crippen molar-refractivity contribution in [1.82, 2.24) is 20.0 Å². The zero-order chi connectivity index (χ0) is 22.0. The van der Waals surface area contributed by atoms with Crippen LogP contribution in [-0.2, 0) is 16.4 Å². The van der Waals surface area contributed by atoms with Gasteiger partial charge in [-0.3, -0.25) is 4.79 Å². The van der Waals surface area contributed by atoms with Gasteiger partial charge < -0.3 is 10.3 Å². The van der Waals surface area contributed by atoms with Crippen LogP contribution >= 0.6 is 0 Å². The number of nitrogens with one attached hydrogen (secondary N) is 3. The number of amides is 2. The monoisotopic (exact) mass is 430 g/mol. The number of fused-ring (bicyclic) bond motifs is 1. The molecule has 0 aliphatic rings. The molecule has 0 aliphatic carbocycles. The number of rotatable bonds is 6. The smallest absolute Gasteiger partial charge is 0.328 e. The maximum atomic E-state index is 11.9. The average Bonchev–Trinajstić information content (AvgIpc) is 2.74. The fourth-order valence-corrected chi connectivity index (χ4v) is 3.44. The molecule has 9 heteroatoms. The molecule has 160 valence electrons. The summed E-state index contributed by atoms with van der Waals surface area (Å²) >= 11 is 0. The molecule has 0 bridgehead atoms. The van der Waals surface area contributed by atoms with Crippen LogP contribution in [0.2, 0.25) is 0 Å². The van der Waals surface area contributed by atoms with Gasteiger partial charge in [0.2, 0.25) is 0 Å². The van der Waals surface area contributed by atoms with Gasteiger partial charge in [-0.2, -0.15) is 0 Å². The number of aromatic nitrogens is 2. The van der Waals surface area contributed by atoms with Crippen molar-refractivity contribution in [3.63, 3.8) is 0 Å². The minimum Gasteiger partial charge on any atom is -0.337 e. The second-order valence-corrected chi connectivity index (χ2v) is 8.14. The van der Waals surface area contributed by atoms with E-state index in [1.54, 1.807) is 18.2 Å². The molecule has 2 aromatic carbocycles. The fourth-order valence-electron chi connectivity index (χ4n) is 2.52. The highest BCUT2D eigenvalue weighted by Crippen LogP contribution is 2.10. The van der Waals surface area contributed by atoms with Crippen LogP contribution in [0.4, 0.5) is 4.79 Å². The number of H-pyrrole nitrogens is 1. The first-order valence-corrected chi connectivity index (χ1v) is 11.2. The molecule has 0 atom stereocenters. The summed E-state index contributed by atoms with van der Waals surface area (Å²) in [5.74, 6) is 0. The Kier molecular flexibility index (Phi) is 8.54. The third kappa shape index (κ3) is 6.70. The lowest BCUT2D eigenvalue weighted by atomic mass is 10.2. The van der Waals surface area contributed by atoms with E-state index >= 15 is 0 Å². The van der Waals surface area contributed by atoms with Gasteiger partial charge in [-0.15, -0.1) is 0 Å². The minimum atomic E-state index is -3.78. The number of sulfonamides is 1. The molecule has 3 rings (SSSR count). The Morgan fingerprint density at radius 1 is 1.07 bits per heavy atom. The van der Waals surface area contributed by atoms with Crippen LogP contribution in [0.1, 0.15) is 32.3 Å². The number of hydrogen-bond acceptors (Lipinski definition) is 5. The van der Waals surface area contributed by atoms with Gasteiger partial charge >= 0.3 is 6.03 Å². The molecule has 0 unspecified atom stereocenters. The molecule has 0 radical (unpaired) electrons. The largest absolute Gasteiger partial charge is 0.337 e. The van der Waals surface area contributed by atoms with Crippen molar-refractivity contribution in [1.29, 1.82) is 0 Å². The van der Waals surface area contributed by atoms with Crippen molar-refractivity contribution in [2.75, 3.05) is 6.54 Å². The summed E-state index contributed by atoms with van der Waals surface area (Å²) in [5, 5.41) is 3.14. The van der Waals surface area contributed by atoms with E-state index < -0.39 is 16.1 Å². The van der Waals surface area contributed by atoms with Crippen molar-refractivity contribution in [3.05, 3.63) is 70.8 Å². The van der Waals surface area contributed by atoms with E-state index in [2.05, 4.69) is 15.3 Å². The zero-order valence-corrected chi connectivity index (χ0v) is 17.8. The summed E-state index contributed by atoms with van der Waals surface area (Å²) in [7, 11) is -3.78. The van der Waals surface area contributed by atoms with E-state index in [1.807, 2.05) is 36.8 Å². The molecule has 0 saturated heterocycles. The highest BCUT2D eigenvalue weighted by atomic mass is 32.2. The summed E-state index contributed by atoms with van der Waals surface area (Å²) in [6.07, 6.45) is 4.00. The van der Waals surface area contributed by atoms with E-state index in [1.165, 1.54) is 18.5 Å². The molecule has 1 aromatic heterocycles. The average molecular weight is 431 g/mol. The van der Waals surface area contributed by atoms with Crippen LogP contribution in [0.25, 0.3) is 10.9 Å². The Morgan fingerprint density at radius 3 is 2.40 bits per heavy atom. The fraction of sp³-hybridized carbons (Fsp3) is 0.286. The third-order valence-corrected chi connectivity index (χ3v) is 5.58. The van der Waals surface area contributed by atoms with Gasteiger partial charge in [-0.1, -0.05) is 44.5 Å². The Balaban J connectivity index is 0.000000244. The summed E-state index contributed by atoms with van der Waals surface area (Å²) in [5.41, 5.74) is 1.69. The lowest BCUT2D eigenvalue weighted by molar-refractivity contribution is 0.245. The maximum absolute atomic E-state index is 11.9. The number of carbonyl (C=O) groups excluding carboxylic acids is 1. The van der Waals surface area contributed by atoms with E-state index in [-0.39, 0.29) is 10.5 Å². The van der Waals surface area contributed by atoms with Crippen molar-refractivity contribution >= 4 is 27.0 Å². The predicted octanol–water partition coefficient (Wildman–Crippen LogP) is 2.96. The zero-order valence-electron chi connectivity index (χ0n) is 17.0. The molecule has 30 heavy (non-hydrogen) atoms. The van der Waals surface area contributed by atoms with Crippen molar-refractivity contribution in [2.45, 2.75) is 38.0 Å². The highest BCUT2D eigenvalue weighted by molar-refractivity contribution is 7.90. The molecule has 3 aromatic rings. The van der Waals surface area contributed by atoms with Crippen LogP contribution in [0.15, 0.2) is 64.5 Å². The second kappa shape index (κ2) is 11.1. The number of para-hydroxylation sites is 1. The van der Waals surface area contributed by atoms with Gasteiger partial charge in [-0.05, 0) is 42.7 Å². The van der Waals surface area contributed by atoms with Crippen LogP contribution < -0.4 is 15.6 Å². The molecule has 1 heterocycles. The Bertz CT molecular complexity index is 1120. The lowest BCUT2D eigenvalue weighted by Gasteiger charge is -2.08. The second-order valence-electron chi connectivity index (χ2n) is 6.46. The molecular weight excluding hydrogens is 404 g/mol. The van der Waals surface area contributed by atoms with Gasteiger partial charge in [0.15, 0.2) is 0 Å².